The summed E-state index contributed by atoms with van der Waals surface area (Å²) >= 11 is 0. The van der Waals surface area contributed by atoms with Gasteiger partial charge in [0, 0.05) is 6.16 Å². The molecule has 1 N–H and O–H groups in total. The van der Waals surface area contributed by atoms with Gasteiger partial charge in [0.05, 0.1) is 13.2 Å². The second-order valence-corrected chi connectivity index (χ2v) is 9.69. The van der Waals surface area contributed by atoms with E-state index in [-0.39, 0.29) is 0 Å². The van der Waals surface area contributed by atoms with Crippen LogP contribution in [0.25, 0.3) is 6.08 Å². The third kappa shape index (κ3) is 14.5. The summed E-state index contributed by atoms with van der Waals surface area (Å²) in [5, 5.41) is 0. The third-order valence-electron chi connectivity index (χ3n) is 5.01. The van der Waals surface area contributed by atoms with Crippen molar-refractivity contribution in [3.8, 4) is 5.75 Å². The number of benzene rings is 1. The van der Waals surface area contributed by atoms with E-state index >= 15 is 0 Å². The van der Waals surface area contributed by atoms with Gasteiger partial charge in [-0.1, -0.05) is 89.5 Å². The van der Waals surface area contributed by atoms with E-state index in [1.165, 1.54) is 38.5 Å². The van der Waals surface area contributed by atoms with Crippen LogP contribution in [0, 0.1) is 0 Å². The molecule has 1 rings (SSSR count). The van der Waals surface area contributed by atoms with Gasteiger partial charge in [0.25, 0.3) is 0 Å². The van der Waals surface area contributed by atoms with Crippen molar-refractivity contribution >= 4 is 13.7 Å². The Hall–Kier alpha value is -1.09. The largest absolute Gasteiger partial charge is 0.494 e. The topological polar surface area (TPSA) is 55.8 Å². The predicted molar refractivity (Wildman–Crippen MR) is 124 cm³/mol. The van der Waals surface area contributed by atoms with Crippen molar-refractivity contribution in [1.82, 2.24) is 0 Å². The van der Waals surface area contributed by atoms with Gasteiger partial charge in [-0.3, -0.25) is 4.57 Å². The minimum absolute atomic E-state index is 0.303. The zero-order valence-corrected chi connectivity index (χ0v) is 19.2. The molecule has 0 fully saturated rings. The minimum atomic E-state index is -3.34. The fourth-order valence-electron chi connectivity index (χ4n) is 3.13. The fourth-order valence-corrected chi connectivity index (χ4v) is 4.30. The molecule has 0 radical (unpaired) electrons. The summed E-state index contributed by atoms with van der Waals surface area (Å²) in [6.45, 7) is 6.98. The van der Waals surface area contributed by atoms with Crippen molar-refractivity contribution in [3.63, 3.8) is 0 Å². The molecule has 1 unspecified atom stereocenters. The first-order valence-electron chi connectivity index (χ1n) is 11.4. The van der Waals surface area contributed by atoms with E-state index in [9.17, 15) is 9.46 Å². The Morgan fingerprint density at radius 2 is 1.41 bits per heavy atom. The van der Waals surface area contributed by atoms with Crippen LogP contribution in [-0.4, -0.2) is 24.3 Å². The van der Waals surface area contributed by atoms with Crippen LogP contribution >= 0.6 is 7.60 Å². The van der Waals surface area contributed by atoms with Crippen LogP contribution in [0.2, 0.25) is 0 Å². The maximum Gasteiger partial charge on any atom is 0.328 e. The summed E-state index contributed by atoms with van der Waals surface area (Å²) in [7, 11) is -3.34. The minimum Gasteiger partial charge on any atom is -0.494 e. The highest BCUT2D eigenvalue weighted by atomic mass is 31.2. The Morgan fingerprint density at radius 1 is 0.862 bits per heavy atom. The van der Waals surface area contributed by atoms with E-state index in [1.807, 2.05) is 37.3 Å². The highest BCUT2D eigenvalue weighted by molar-refractivity contribution is 7.52. The molecule has 1 atom stereocenters. The van der Waals surface area contributed by atoms with Crippen LogP contribution in [0.4, 0.5) is 0 Å². The molecule has 166 valence electrons. The highest BCUT2D eigenvalue weighted by Crippen LogP contribution is 2.43. The number of ether oxygens (including phenoxy) is 1. The van der Waals surface area contributed by atoms with Gasteiger partial charge in [0.2, 0.25) is 0 Å². The van der Waals surface area contributed by atoms with Gasteiger partial charge in [-0.05, 0) is 37.0 Å². The predicted octanol–water partition coefficient (Wildman–Crippen LogP) is 7.61. The maximum atomic E-state index is 11.8. The van der Waals surface area contributed by atoms with Gasteiger partial charge in [-0.15, -0.1) is 0 Å². The molecule has 5 heteroatoms. The smallest absolute Gasteiger partial charge is 0.328 e. The summed E-state index contributed by atoms with van der Waals surface area (Å²) in [4.78, 5) is 9.71. The summed E-state index contributed by atoms with van der Waals surface area (Å²) in [6.07, 6.45) is 15.6. The summed E-state index contributed by atoms with van der Waals surface area (Å²) in [5.41, 5.74) is 1.11. The lowest BCUT2D eigenvalue weighted by Gasteiger charge is -2.11. The van der Waals surface area contributed by atoms with Crippen LogP contribution < -0.4 is 4.74 Å². The molecule has 29 heavy (non-hydrogen) atoms. The maximum absolute atomic E-state index is 11.8. The van der Waals surface area contributed by atoms with Crippen LogP contribution in [0.5, 0.6) is 5.75 Å². The molecular weight excluding hydrogens is 383 g/mol. The quantitative estimate of drug-likeness (QED) is 0.183. The van der Waals surface area contributed by atoms with E-state index in [2.05, 4.69) is 6.58 Å². The van der Waals surface area contributed by atoms with E-state index in [4.69, 9.17) is 9.26 Å². The Bertz CT molecular complexity index is 571. The Balaban J connectivity index is 1.85. The van der Waals surface area contributed by atoms with E-state index < -0.39 is 7.60 Å². The van der Waals surface area contributed by atoms with E-state index in [0.29, 0.717) is 12.8 Å². The zero-order valence-electron chi connectivity index (χ0n) is 18.3. The van der Waals surface area contributed by atoms with Gasteiger partial charge in [0.1, 0.15) is 5.75 Å². The standard InChI is InChI=1S/C24H41O4P/c1-3-5-21-28-29(25,26)22-15-13-11-9-7-6-8-10-12-14-20-27-24-18-16-23(4-2)17-19-24/h4,16-19H,2-3,5-15,20-22H2,1H3,(H,25,26). The van der Waals surface area contributed by atoms with Crippen molar-refractivity contribution in [2.24, 2.45) is 0 Å². The Kier molecular flexibility index (Phi) is 14.9. The molecular formula is C24H41O4P. The zero-order chi connectivity index (χ0) is 21.2. The summed E-state index contributed by atoms with van der Waals surface area (Å²) in [6, 6.07) is 8.03. The second kappa shape index (κ2) is 16.7. The van der Waals surface area contributed by atoms with Crippen molar-refractivity contribution < 1.29 is 18.7 Å². The Labute approximate surface area is 178 Å². The van der Waals surface area contributed by atoms with Crippen molar-refractivity contribution in [1.29, 1.82) is 0 Å². The van der Waals surface area contributed by atoms with Crippen LogP contribution in [-0.2, 0) is 9.09 Å². The molecule has 0 aliphatic carbocycles. The molecule has 0 bridgehead atoms. The molecule has 4 nitrogen and oxygen atoms in total. The number of rotatable bonds is 19. The van der Waals surface area contributed by atoms with Gasteiger partial charge in [0.15, 0.2) is 0 Å². The van der Waals surface area contributed by atoms with Crippen molar-refractivity contribution in [2.75, 3.05) is 19.4 Å². The van der Waals surface area contributed by atoms with Crippen LogP contribution in [0.1, 0.15) is 89.5 Å². The van der Waals surface area contributed by atoms with Crippen molar-refractivity contribution in [3.05, 3.63) is 36.4 Å². The molecule has 1 aromatic carbocycles. The first-order chi connectivity index (χ1) is 14.1. The highest BCUT2D eigenvalue weighted by Gasteiger charge is 2.17. The number of unbranched alkanes of at least 4 members (excludes halogenated alkanes) is 10. The molecule has 0 heterocycles. The molecule has 0 saturated heterocycles. The molecule has 0 amide bonds. The van der Waals surface area contributed by atoms with E-state index in [1.54, 1.807) is 0 Å². The SMILES string of the molecule is C=Cc1ccc(OCCCCCCCCCCCCP(=O)(O)OCCCC)cc1. The van der Waals surface area contributed by atoms with Crippen LogP contribution in [0.3, 0.4) is 0 Å². The normalized spacial score (nSPS) is 13.2. The average molecular weight is 425 g/mol. The first kappa shape index (κ1) is 25.9. The van der Waals surface area contributed by atoms with Crippen molar-refractivity contribution in [2.45, 2.75) is 84.0 Å². The van der Waals surface area contributed by atoms with Crippen LogP contribution in [0.15, 0.2) is 30.8 Å². The molecule has 1 aromatic rings. The molecule has 0 aliphatic heterocycles. The molecule has 0 spiro atoms. The fraction of sp³-hybridized carbons (Fsp3) is 0.667. The summed E-state index contributed by atoms with van der Waals surface area (Å²) in [5.74, 6) is 0.931. The van der Waals surface area contributed by atoms with Gasteiger partial charge >= 0.3 is 7.60 Å². The monoisotopic (exact) mass is 424 g/mol. The Morgan fingerprint density at radius 3 is 1.97 bits per heavy atom. The second-order valence-electron chi connectivity index (χ2n) is 7.70. The lowest BCUT2D eigenvalue weighted by Crippen LogP contribution is -1.97. The number of hydrogen-bond donors (Lipinski definition) is 1. The third-order valence-corrected chi connectivity index (χ3v) is 6.48. The number of hydrogen-bond acceptors (Lipinski definition) is 3. The van der Waals surface area contributed by atoms with Gasteiger partial charge in [-0.25, -0.2) is 0 Å². The molecule has 0 saturated carbocycles. The van der Waals surface area contributed by atoms with E-state index in [0.717, 1.165) is 56.4 Å². The summed E-state index contributed by atoms with van der Waals surface area (Å²) < 4.78 is 22.7. The first-order valence-corrected chi connectivity index (χ1v) is 13.2. The molecule has 0 aliphatic rings. The average Bonchev–Trinajstić information content (AvgIpc) is 2.72. The lowest BCUT2D eigenvalue weighted by molar-refractivity contribution is 0.254. The van der Waals surface area contributed by atoms with Gasteiger partial charge in [-0.2, -0.15) is 0 Å². The molecule has 0 aromatic heterocycles. The van der Waals surface area contributed by atoms with Gasteiger partial charge < -0.3 is 14.2 Å². The lowest BCUT2D eigenvalue weighted by atomic mass is 10.1.